The molecule has 0 unspecified atom stereocenters. The summed E-state index contributed by atoms with van der Waals surface area (Å²) >= 11 is 4.64. The van der Waals surface area contributed by atoms with E-state index in [9.17, 15) is 13.3 Å². The van der Waals surface area contributed by atoms with Gasteiger partial charge >= 0.3 is 13.3 Å². The largest absolute Gasteiger partial charge is 0.399 e. The van der Waals surface area contributed by atoms with E-state index in [2.05, 4.69) is 46.3 Å². The maximum absolute atomic E-state index is 13.9. The summed E-state index contributed by atoms with van der Waals surface area (Å²) in [5.41, 5.74) is -2.97. The zero-order valence-electron chi connectivity index (χ0n) is 14.0. The molecule has 0 saturated heterocycles. The topological polar surface area (TPSA) is 57.5 Å². The van der Waals surface area contributed by atoms with Crippen molar-refractivity contribution in [2.45, 2.75) is 17.2 Å². The molecule has 142 valence electrons. The molecule has 0 heterocycles. The fourth-order valence-corrected chi connectivity index (χ4v) is 4.93. The molecule has 3 aromatic carbocycles. The molecule has 3 nitrogen and oxygen atoms in total. The van der Waals surface area contributed by atoms with Crippen LogP contribution in [0.3, 0.4) is 0 Å². The monoisotopic (exact) mass is 472 g/mol. The molecule has 0 radical (unpaired) electrons. The summed E-state index contributed by atoms with van der Waals surface area (Å²) in [6.45, 7) is 0. The van der Waals surface area contributed by atoms with E-state index < -0.39 is 18.8 Å². The Balaban J connectivity index is 1.68. The second-order valence-electron chi connectivity index (χ2n) is 6.07. The maximum atomic E-state index is 13.9. The van der Waals surface area contributed by atoms with E-state index in [1.54, 1.807) is 11.8 Å². The van der Waals surface area contributed by atoms with Crippen molar-refractivity contribution in [3.63, 3.8) is 0 Å². The predicted molar refractivity (Wildman–Crippen MR) is 109 cm³/mol. The first-order chi connectivity index (χ1) is 12.7. The van der Waals surface area contributed by atoms with Gasteiger partial charge in [-0.1, -0.05) is 70.5 Å². The maximum Gasteiger partial charge on any atom is 0.399 e. The zero-order chi connectivity index (χ0) is 19.7. The summed E-state index contributed by atoms with van der Waals surface area (Å²) in [6.07, 6.45) is 0. The molecule has 27 heavy (non-hydrogen) atoms. The van der Waals surface area contributed by atoms with Crippen molar-refractivity contribution in [3.8, 4) is 0 Å². The van der Waals surface area contributed by atoms with Gasteiger partial charge in [-0.25, -0.2) is 0 Å². The summed E-state index contributed by atoms with van der Waals surface area (Å²) in [4.78, 5) is 17.7. The molecule has 0 aliphatic rings. The van der Waals surface area contributed by atoms with Crippen LogP contribution in [0.5, 0.6) is 0 Å². The molecule has 0 aliphatic heterocycles. The number of thioether (sulfide) groups is 1. The van der Waals surface area contributed by atoms with Gasteiger partial charge in [-0.2, -0.15) is 20.5 Å². The second kappa shape index (κ2) is 8.02. The average Bonchev–Trinajstić information content (AvgIpc) is 2.60. The average molecular weight is 473 g/mol. The first-order valence-corrected chi connectivity index (χ1v) is 11.5. The number of hydrogen-bond donors (Lipinski definition) is 2. The lowest BCUT2D eigenvalue weighted by Crippen LogP contribution is -2.14. The first-order valence-electron chi connectivity index (χ1n) is 7.96. The van der Waals surface area contributed by atoms with Gasteiger partial charge in [0.05, 0.1) is 0 Å². The van der Waals surface area contributed by atoms with Gasteiger partial charge in [0.15, 0.2) is 0 Å². The summed E-state index contributed by atoms with van der Waals surface area (Å²) in [5, 5.41) is 2.35. The lowest BCUT2D eigenvalue weighted by atomic mass is 10.1. The van der Waals surface area contributed by atoms with Crippen molar-refractivity contribution < 1.29 is 23.1 Å². The quantitative estimate of drug-likeness (QED) is 0.415. The number of fused-ring (bicyclic) bond motifs is 1. The van der Waals surface area contributed by atoms with Crippen LogP contribution in [0.4, 0.5) is 8.78 Å². The minimum Gasteiger partial charge on any atom is -0.320 e. The third-order valence-electron chi connectivity index (χ3n) is 4.07. The Morgan fingerprint density at radius 2 is 1.52 bits per heavy atom. The molecule has 0 saturated carbocycles. The van der Waals surface area contributed by atoms with Crippen molar-refractivity contribution in [2.75, 3.05) is 0 Å². The van der Waals surface area contributed by atoms with Crippen LogP contribution >= 0.6 is 35.3 Å². The molecular formula is C19H16BrF2O3PS. The lowest BCUT2D eigenvalue weighted by molar-refractivity contribution is 0.0557. The van der Waals surface area contributed by atoms with E-state index in [4.69, 9.17) is 9.79 Å². The van der Waals surface area contributed by atoms with Gasteiger partial charge < -0.3 is 9.79 Å². The summed E-state index contributed by atoms with van der Waals surface area (Å²) in [7, 11) is -5.58. The van der Waals surface area contributed by atoms with Crippen molar-refractivity contribution in [2.24, 2.45) is 0 Å². The Kier molecular flexibility index (Phi) is 6.08. The van der Waals surface area contributed by atoms with Crippen LogP contribution in [0.25, 0.3) is 10.8 Å². The molecule has 0 spiro atoms. The highest BCUT2D eigenvalue weighted by atomic mass is 79.9. The molecule has 3 aromatic rings. The molecule has 0 atom stereocenters. The molecule has 2 N–H and O–H groups in total. The minimum atomic E-state index is -5.58. The highest BCUT2D eigenvalue weighted by molar-refractivity contribution is 9.10. The van der Waals surface area contributed by atoms with E-state index in [0.29, 0.717) is 5.75 Å². The van der Waals surface area contributed by atoms with Gasteiger partial charge in [-0.05, 0) is 28.0 Å². The molecule has 8 heteroatoms. The number of rotatable bonds is 6. The molecule has 0 amide bonds. The van der Waals surface area contributed by atoms with Crippen LogP contribution in [0.2, 0.25) is 0 Å². The van der Waals surface area contributed by atoms with Crippen molar-refractivity contribution >= 4 is 46.1 Å². The number of halogens is 3. The second-order valence-corrected chi connectivity index (χ2v) is 9.56. The van der Waals surface area contributed by atoms with Crippen LogP contribution in [0.1, 0.15) is 16.7 Å². The van der Waals surface area contributed by atoms with E-state index in [-0.39, 0.29) is 4.47 Å². The molecule has 0 bridgehead atoms. The summed E-state index contributed by atoms with van der Waals surface area (Å²) < 4.78 is 38.7. The summed E-state index contributed by atoms with van der Waals surface area (Å²) in [5.74, 6) is 1.36. The van der Waals surface area contributed by atoms with Crippen LogP contribution in [0.15, 0.2) is 65.1 Å². The lowest BCUT2D eigenvalue weighted by Gasteiger charge is -2.19. The summed E-state index contributed by atoms with van der Waals surface area (Å²) in [6, 6.07) is 18.4. The fourth-order valence-electron chi connectivity index (χ4n) is 2.66. The molecular weight excluding hydrogens is 457 g/mol. The smallest absolute Gasteiger partial charge is 0.320 e. The van der Waals surface area contributed by atoms with Crippen LogP contribution in [-0.2, 0) is 21.7 Å². The zero-order valence-corrected chi connectivity index (χ0v) is 17.3. The third kappa shape index (κ3) is 4.61. The van der Waals surface area contributed by atoms with Gasteiger partial charge in [-0.15, -0.1) is 0 Å². The highest BCUT2D eigenvalue weighted by Crippen LogP contribution is 2.60. The van der Waals surface area contributed by atoms with Crippen molar-refractivity contribution in [3.05, 3.63) is 81.8 Å². The van der Waals surface area contributed by atoms with Gasteiger partial charge in [0.1, 0.15) is 0 Å². The van der Waals surface area contributed by atoms with E-state index in [0.717, 1.165) is 17.4 Å². The third-order valence-corrected chi connectivity index (χ3v) is 6.78. The normalized spacial score (nSPS) is 12.5. The Labute approximate surface area is 168 Å². The van der Waals surface area contributed by atoms with Gasteiger partial charge in [0, 0.05) is 21.5 Å². The Morgan fingerprint density at radius 1 is 0.926 bits per heavy atom. The number of alkyl halides is 2. The number of hydrogen-bond acceptors (Lipinski definition) is 2. The van der Waals surface area contributed by atoms with Crippen LogP contribution in [0, 0.1) is 0 Å². The molecule has 3 rings (SSSR count). The Morgan fingerprint density at radius 3 is 2.15 bits per heavy atom. The molecule has 0 fully saturated rings. The van der Waals surface area contributed by atoms with Gasteiger partial charge in [-0.3, -0.25) is 4.57 Å². The van der Waals surface area contributed by atoms with Crippen molar-refractivity contribution in [1.82, 2.24) is 0 Å². The Hall–Kier alpha value is -1.24. The van der Waals surface area contributed by atoms with Crippen molar-refractivity contribution in [1.29, 1.82) is 0 Å². The minimum absolute atomic E-state index is 0.0142. The van der Waals surface area contributed by atoms with E-state index in [1.807, 2.05) is 12.1 Å². The van der Waals surface area contributed by atoms with E-state index >= 15 is 0 Å². The molecule has 0 aliphatic carbocycles. The Bertz CT molecular complexity index is 1020. The van der Waals surface area contributed by atoms with Gasteiger partial charge in [0.25, 0.3) is 0 Å². The predicted octanol–water partition coefficient (Wildman–Crippen LogP) is 6.26. The highest BCUT2D eigenvalue weighted by Gasteiger charge is 2.51. The van der Waals surface area contributed by atoms with Gasteiger partial charge in [0.2, 0.25) is 0 Å². The van der Waals surface area contributed by atoms with Crippen LogP contribution in [-0.4, -0.2) is 9.79 Å². The van der Waals surface area contributed by atoms with Crippen LogP contribution < -0.4 is 0 Å². The standard InChI is InChI=1S/C19H16BrF2O3PS/c20-18-10-14(6-8-17(18)19(21,22)26(23,24)25)12-27-11-13-5-7-15-3-1-2-4-16(15)9-13/h1-10H,11-12H2,(H2,23,24,25). The number of benzene rings is 3. The SMILES string of the molecule is O=P(O)(O)C(F)(F)c1ccc(CSCc2ccc3ccccc3c2)cc1Br. The fraction of sp³-hybridized carbons (Fsp3) is 0.158. The first kappa shape index (κ1) is 20.5. The van der Waals surface area contributed by atoms with E-state index in [1.165, 1.54) is 28.5 Å². The molecule has 0 aromatic heterocycles.